The summed E-state index contributed by atoms with van der Waals surface area (Å²) in [4.78, 5) is 12.5. The molecule has 0 fully saturated rings. The molecular formula is C55H107NO4. The van der Waals surface area contributed by atoms with Gasteiger partial charge < -0.3 is 20.6 Å². The van der Waals surface area contributed by atoms with Crippen LogP contribution in [0.1, 0.15) is 296 Å². The molecule has 0 heterocycles. The maximum Gasteiger partial charge on any atom is 0.222 e. The van der Waals surface area contributed by atoms with E-state index in [0.717, 1.165) is 25.7 Å². The molecule has 0 aromatic heterocycles. The molecule has 5 nitrogen and oxygen atoms in total. The van der Waals surface area contributed by atoms with Crippen LogP contribution in [-0.2, 0) is 4.79 Å². The van der Waals surface area contributed by atoms with E-state index in [9.17, 15) is 20.1 Å². The molecule has 0 saturated carbocycles. The molecule has 4 N–H and O–H groups in total. The molecule has 0 aliphatic rings. The van der Waals surface area contributed by atoms with Crippen LogP contribution in [0.2, 0.25) is 0 Å². The van der Waals surface area contributed by atoms with Crippen molar-refractivity contribution >= 4 is 5.91 Å². The number of carbonyl (C=O) groups is 1. The van der Waals surface area contributed by atoms with Crippen LogP contribution in [0.3, 0.4) is 0 Å². The SMILES string of the molecule is CCCCCCCCCCCCCC/C=C\CCCCCCCCCCCCCCCC(O)CC(=O)NC(CO)C(O)/C=C/CCCCCCCCCCCCCCCC. The van der Waals surface area contributed by atoms with E-state index < -0.39 is 18.2 Å². The molecule has 0 bridgehead atoms. The quantitative estimate of drug-likeness (QED) is 0.0363. The van der Waals surface area contributed by atoms with Gasteiger partial charge in [0.25, 0.3) is 0 Å². The smallest absolute Gasteiger partial charge is 0.222 e. The Morgan fingerprint density at radius 3 is 1.02 bits per heavy atom. The fourth-order valence-electron chi connectivity index (χ4n) is 8.57. The molecule has 0 spiro atoms. The van der Waals surface area contributed by atoms with Crippen LogP contribution in [0.5, 0.6) is 0 Å². The molecular weight excluding hydrogens is 739 g/mol. The molecule has 0 aliphatic carbocycles. The zero-order valence-electron chi connectivity index (χ0n) is 40.6. The molecule has 5 heteroatoms. The van der Waals surface area contributed by atoms with Crippen molar-refractivity contribution in [2.45, 2.75) is 315 Å². The molecule has 356 valence electrons. The summed E-state index contributed by atoms with van der Waals surface area (Å²) in [6.07, 6.45) is 63.6. The van der Waals surface area contributed by atoms with Gasteiger partial charge in [0.2, 0.25) is 5.91 Å². The predicted octanol–water partition coefficient (Wildman–Crippen LogP) is 16.5. The lowest BCUT2D eigenvalue weighted by Crippen LogP contribution is -2.45. The molecule has 3 atom stereocenters. The van der Waals surface area contributed by atoms with E-state index in [1.54, 1.807) is 6.08 Å². The summed E-state index contributed by atoms with van der Waals surface area (Å²) in [6, 6.07) is -0.742. The van der Waals surface area contributed by atoms with Crippen LogP contribution in [0.4, 0.5) is 0 Å². The van der Waals surface area contributed by atoms with Crippen molar-refractivity contribution < 1.29 is 20.1 Å². The second kappa shape index (κ2) is 50.5. The Balaban J connectivity index is 3.53. The first-order chi connectivity index (χ1) is 29.5. The highest BCUT2D eigenvalue weighted by Gasteiger charge is 2.20. The molecule has 0 rings (SSSR count). The summed E-state index contributed by atoms with van der Waals surface area (Å²) >= 11 is 0. The van der Waals surface area contributed by atoms with Crippen molar-refractivity contribution in [1.29, 1.82) is 0 Å². The van der Waals surface area contributed by atoms with E-state index in [0.29, 0.717) is 6.42 Å². The Morgan fingerprint density at radius 2 is 0.700 bits per heavy atom. The van der Waals surface area contributed by atoms with Crippen molar-refractivity contribution in [1.82, 2.24) is 5.32 Å². The number of aliphatic hydroxyl groups excluding tert-OH is 3. The van der Waals surface area contributed by atoms with Crippen LogP contribution < -0.4 is 5.32 Å². The van der Waals surface area contributed by atoms with E-state index in [-0.39, 0.29) is 18.9 Å². The summed E-state index contributed by atoms with van der Waals surface area (Å²) in [5.74, 6) is -0.312. The second-order valence-electron chi connectivity index (χ2n) is 18.8. The summed E-state index contributed by atoms with van der Waals surface area (Å²) in [5, 5.41) is 33.4. The Hall–Kier alpha value is -1.17. The topological polar surface area (TPSA) is 89.8 Å². The van der Waals surface area contributed by atoms with Gasteiger partial charge in [0.1, 0.15) is 0 Å². The third-order valence-electron chi connectivity index (χ3n) is 12.7. The maximum absolute atomic E-state index is 12.5. The van der Waals surface area contributed by atoms with Crippen LogP contribution in [-0.4, -0.2) is 46.1 Å². The van der Waals surface area contributed by atoms with Gasteiger partial charge in [-0.05, 0) is 44.9 Å². The first kappa shape index (κ1) is 58.8. The molecule has 60 heavy (non-hydrogen) atoms. The largest absolute Gasteiger partial charge is 0.394 e. The monoisotopic (exact) mass is 846 g/mol. The van der Waals surface area contributed by atoms with Gasteiger partial charge in [-0.25, -0.2) is 0 Å². The summed E-state index contributed by atoms with van der Waals surface area (Å²) in [7, 11) is 0. The second-order valence-corrected chi connectivity index (χ2v) is 18.8. The van der Waals surface area contributed by atoms with Crippen LogP contribution >= 0.6 is 0 Å². The van der Waals surface area contributed by atoms with Crippen molar-refractivity contribution in [2.24, 2.45) is 0 Å². The van der Waals surface area contributed by atoms with E-state index in [2.05, 4.69) is 31.3 Å². The number of aliphatic hydroxyl groups is 3. The summed E-state index contributed by atoms with van der Waals surface area (Å²) < 4.78 is 0. The number of carbonyl (C=O) groups excluding carboxylic acids is 1. The van der Waals surface area contributed by atoms with Gasteiger partial charge in [-0.2, -0.15) is 0 Å². The first-order valence-electron chi connectivity index (χ1n) is 27.1. The fourth-order valence-corrected chi connectivity index (χ4v) is 8.57. The number of allylic oxidation sites excluding steroid dienone is 3. The Kier molecular flexibility index (Phi) is 49.5. The number of unbranched alkanes of at least 4 members (excludes halogenated alkanes) is 39. The summed E-state index contributed by atoms with van der Waals surface area (Å²) in [5.41, 5.74) is 0. The zero-order valence-corrected chi connectivity index (χ0v) is 40.6. The zero-order chi connectivity index (χ0) is 43.7. The molecule has 0 aliphatic heterocycles. The Morgan fingerprint density at radius 1 is 0.417 bits per heavy atom. The summed E-state index contributed by atoms with van der Waals surface area (Å²) in [6.45, 7) is 4.24. The number of hydrogen-bond acceptors (Lipinski definition) is 4. The third-order valence-corrected chi connectivity index (χ3v) is 12.7. The molecule has 1 amide bonds. The lowest BCUT2D eigenvalue weighted by molar-refractivity contribution is -0.124. The average Bonchev–Trinajstić information content (AvgIpc) is 3.24. The highest BCUT2D eigenvalue weighted by Crippen LogP contribution is 2.17. The van der Waals surface area contributed by atoms with Crippen molar-refractivity contribution in [3.05, 3.63) is 24.3 Å². The number of hydrogen-bond donors (Lipinski definition) is 4. The highest BCUT2D eigenvalue weighted by molar-refractivity contribution is 5.76. The third kappa shape index (κ3) is 46.3. The van der Waals surface area contributed by atoms with Crippen molar-refractivity contribution in [3.8, 4) is 0 Å². The molecule has 0 saturated heterocycles. The maximum atomic E-state index is 12.5. The van der Waals surface area contributed by atoms with Gasteiger partial charge in [0.05, 0.1) is 31.3 Å². The van der Waals surface area contributed by atoms with Crippen LogP contribution in [0, 0.1) is 0 Å². The average molecular weight is 846 g/mol. The lowest BCUT2D eigenvalue weighted by atomic mass is 10.0. The fraction of sp³-hybridized carbons (Fsp3) is 0.909. The minimum atomic E-state index is -0.927. The molecule has 3 unspecified atom stereocenters. The van der Waals surface area contributed by atoms with Gasteiger partial charge in [0, 0.05) is 0 Å². The first-order valence-corrected chi connectivity index (χ1v) is 27.1. The Labute approximate surface area is 375 Å². The normalized spacial score (nSPS) is 13.5. The predicted molar refractivity (Wildman–Crippen MR) is 264 cm³/mol. The Bertz CT molecular complexity index is 890. The van der Waals surface area contributed by atoms with E-state index >= 15 is 0 Å². The van der Waals surface area contributed by atoms with Gasteiger partial charge >= 0.3 is 0 Å². The van der Waals surface area contributed by atoms with Gasteiger partial charge in [-0.1, -0.05) is 269 Å². The lowest BCUT2D eigenvalue weighted by Gasteiger charge is -2.21. The van der Waals surface area contributed by atoms with Crippen molar-refractivity contribution in [2.75, 3.05) is 6.61 Å². The van der Waals surface area contributed by atoms with E-state index in [1.807, 2.05) is 6.08 Å². The molecule has 0 aromatic carbocycles. The molecule has 0 radical (unpaired) electrons. The van der Waals surface area contributed by atoms with Crippen LogP contribution in [0.15, 0.2) is 24.3 Å². The van der Waals surface area contributed by atoms with Gasteiger partial charge in [0.15, 0.2) is 0 Å². The van der Waals surface area contributed by atoms with Crippen molar-refractivity contribution in [3.63, 3.8) is 0 Å². The number of rotatable bonds is 50. The number of nitrogens with one attached hydrogen (secondary N) is 1. The minimum absolute atomic E-state index is 0.0164. The van der Waals surface area contributed by atoms with E-state index in [1.165, 1.54) is 244 Å². The van der Waals surface area contributed by atoms with Crippen LogP contribution in [0.25, 0.3) is 0 Å². The molecule has 0 aromatic rings. The standard InChI is InChI=1S/C55H107NO4/c1-3-5-7-9-11-13-15-17-19-21-22-23-24-25-26-27-28-29-30-31-32-33-34-36-38-40-42-44-46-48-52(58)50-55(60)56-53(51-57)54(59)49-47-45-43-41-39-37-35-20-18-16-14-12-10-8-6-4-2/h25-26,47,49,52-54,57-59H,3-24,27-46,48,50-51H2,1-2H3,(H,56,60)/b26-25-,49-47+. The minimum Gasteiger partial charge on any atom is -0.394 e. The number of amides is 1. The van der Waals surface area contributed by atoms with E-state index in [4.69, 9.17) is 0 Å². The highest BCUT2D eigenvalue weighted by atomic mass is 16.3. The van der Waals surface area contributed by atoms with Gasteiger partial charge in [-0.15, -0.1) is 0 Å². The van der Waals surface area contributed by atoms with Gasteiger partial charge in [-0.3, -0.25) is 4.79 Å².